The summed E-state index contributed by atoms with van der Waals surface area (Å²) in [6, 6.07) is 20.3. The molecule has 0 bridgehead atoms. The van der Waals surface area contributed by atoms with Crippen LogP contribution in [0.4, 0.5) is 10.5 Å². The Labute approximate surface area is 200 Å². The molecule has 0 radical (unpaired) electrons. The van der Waals surface area contributed by atoms with Crippen LogP contribution in [0.25, 0.3) is 0 Å². The lowest BCUT2D eigenvalue weighted by Crippen LogP contribution is -2.43. The van der Waals surface area contributed by atoms with Gasteiger partial charge >= 0.3 is 6.03 Å². The number of urea groups is 1. The second kappa shape index (κ2) is 11.0. The van der Waals surface area contributed by atoms with E-state index in [1.54, 1.807) is 11.8 Å². The number of aromatic nitrogens is 1. The van der Waals surface area contributed by atoms with Gasteiger partial charge in [0.25, 0.3) is 0 Å². The molecule has 1 aliphatic carbocycles. The number of thioether (sulfide) groups is 1. The molecule has 1 fully saturated rings. The van der Waals surface area contributed by atoms with Crippen molar-refractivity contribution in [1.29, 1.82) is 0 Å². The summed E-state index contributed by atoms with van der Waals surface area (Å²) >= 11 is 8.09. The second-order valence-corrected chi connectivity index (χ2v) is 9.58. The largest absolute Gasteiger partial charge is 0.345 e. The van der Waals surface area contributed by atoms with Crippen molar-refractivity contribution in [3.63, 3.8) is 0 Å². The Hall–Kier alpha value is -2.37. The van der Waals surface area contributed by atoms with Gasteiger partial charge in [-0.1, -0.05) is 49.1 Å². The predicted molar refractivity (Wildman–Crippen MR) is 135 cm³/mol. The van der Waals surface area contributed by atoms with Gasteiger partial charge in [0.15, 0.2) is 0 Å². The van der Waals surface area contributed by atoms with Crippen molar-refractivity contribution in [2.75, 3.05) is 11.6 Å². The minimum Gasteiger partial charge on any atom is -0.345 e. The smallest absolute Gasteiger partial charge is 0.322 e. The highest BCUT2D eigenvalue weighted by Gasteiger charge is 2.26. The Bertz CT molecular complexity index is 1030. The summed E-state index contributed by atoms with van der Waals surface area (Å²) in [6.07, 6.45) is 9.85. The molecule has 2 aromatic carbocycles. The molecular formula is C26H30ClN3OS. The molecule has 1 aliphatic rings. The molecule has 1 saturated carbocycles. The van der Waals surface area contributed by atoms with E-state index in [9.17, 15) is 4.79 Å². The van der Waals surface area contributed by atoms with E-state index >= 15 is 0 Å². The summed E-state index contributed by atoms with van der Waals surface area (Å²) in [5, 5.41) is 3.90. The minimum absolute atomic E-state index is 0.0284. The van der Waals surface area contributed by atoms with Crippen LogP contribution in [0.3, 0.4) is 0 Å². The van der Waals surface area contributed by atoms with Gasteiger partial charge in [0.1, 0.15) is 0 Å². The molecule has 0 aliphatic heterocycles. The van der Waals surface area contributed by atoms with E-state index in [4.69, 9.17) is 11.6 Å². The summed E-state index contributed by atoms with van der Waals surface area (Å²) in [5.41, 5.74) is 3.03. The summed E-state index contributed by atoms with van der Waals surface area (Å²) < 4.78 is 2.19. The highest BCUT2D eigenvalue weighted by atomic mass is 35.5. The number of halogens is 1. The maximum Gasteiger partial charge on any atom is 0.322 e. The number of amides is 2. The SMILES string of the molecule is CSc1ccc(NC(=O)N(Cc2cccn2Cc2ccccc2Cl)C2CCCCC2)cc1. The fraction of sp³-hybridized carbons (Fsp3) is 0.346. The molecule has 0 spiro atoms. The summed E-state index contributed by atoms with van der Waals surface area (Å²) in [4.78, 5) is 16.6. The monoisotopic (exact) mass is 467 g/mol. The van der Waals surface area contributed by atoms with Crippen LogP contribution in [0.2, 0.25) is 5.02 Å². The first kappa shape index (κ1) is 22.8. The number of nitrogens with zero attached hydrogens (tertiary/aromatic N) is 2. The zero-order chi connectivity index (χ0) is 22.3. The predicted octanol–water partition coefficient (Wildman–Crippen LogP) is 7.28. The number of anilines is 1. The average Bonchev–Trinajstić information content (AvgIpc) is 3.26. The Morgan fingerprint density at radius 3 is 2.53 bits per heavy atom. The Kier molecular flexibility index (Phi) is 7.82. The first-order valence-electron chi connectivity index (χ1n) is 11.2. The van der Waals surface area contributed by atoms with Crippen LogP contribution in [0.1, 0.15) is 43.4 Å². The molecule has 3 aromatic rings. The van der Waals surface area contributed by atoms with E-state index in [1.165, 1.54) is 24.2 Å². The van der Waals surface area contributed by atoms with Crippen LogP contribution in [-0.4, -0.2) is 27.8 Å². The number of rotatable bonds is 7. The molecule has 32 heavy (non-hydrogen) atoms. The zero-order valence-corrected chi connectivity index (χ0v) is 20.0. The molecule has 4 nitrogen and oxygen atoms in total. The van der Waals surface area contributed by atoms with Crippen LogP contribution in [0.5, 0.6) is 0 Å². The van der Waals surface area contributed by atoms with Crippen LogP contribution in [-0.2, 0) is 13.1 Å². The molecule has 0 unspecified atom stereocenters. The van der Waals surface area contributed by atoms with E-state index in [-0.39, 0.29) is 12.1 Å². The molecule has 6 heteroatoms. The standard InChI is InChI=1S/C26H30ClN3OS/c1-32-24-15-13-21(14-16-24)28-26(31)30(22-9-3-2-4-10-22)19-23-11-7-17-29(23)18-20-8-5-6-12-25(20)27/h5-8,11-17,22H,2-4,9-10,18-19H2,1H3,(H,28,31). The third-order valence-corrected chi connectivity index (χ3v) is 7.28. The normalized spacial score (nSPS) is 14.3. The number of carbonyl (C=O) groups excluding carboxylic acids is 1. The van der Waals surface area contributed by atoms with Crippen molar-refractivity contribution in [3.8, 4) is 0 Å². The highest BCUT2D eigenvalue weighted by Crippen LogP contribution is 2.26. The summed E-state index contributed by atoms with van der Waals surface area (Å²) in [5.74, 6) is 0. The van der Waals surface area contributed by atoms with Crippen molar-refractivity contribution in [2.24, 2.45) is 0 Å². The lowest BCUT2D eigenvalue weighted by molar-refractivity contribution is 0.161. The fourth-order valence-corrected chi connectivity index (χ4v) is 4.96. The first-order valence-corrected chi connectivity index (χ1v) is 12.8. The summed E-state index contributed by atoms with van der Waals surface area (Å²) in [6.45, 7) is 1.27. The van der Waals surface area contributed by atoms with Crippen LogP contribution < -0.4 is 5.32 Å². The quantitative estimate of drug-likeness (QED) is 0.370. The molecule has 2 amide bonds. The number of benzene rings is 2. The Morgan fingerprint density at radius 1 is 1.06 bits per heavy atom. The second-order valence-electron chi connectivity index (χ2n) is 8.30. The molecule has 1 N–H and O–H groups in total. The van der Waals surface area contributed by atoms with Crippen molar-refractivity contribution < 1.29 is 4.79 Å². The van der Waals surface area contributed by atoms with Crippen LogP contribution >= 0.6 is 23.4 Å². The van der Waals surface area contributed by atoms with Gasteiger partial charge in [-0.3, -0.25) is 0 Å². The van der Waals surface area contributed by atoms with E-state index < -0.39 is 0 Å². The third-order valence-electron chi connectivity index (χ3n) is 6.17. The molecule has 1 aromatic heterocycles. The van der Waals surface area contributed by atoms with Gasteiger partial charge in [-0.05, 0) is 67.1 Å². The lowest BCUT2D eigenvalue weighted by atomic mass is 9.94. The van der Waals surface area contributed by atoms with E-state index in [0.29, 0.717) is 13.1 Å². The maximum atomic E-state index is 13.4. The van der Waals surface area contributed by atoms with Crippen molar-refractivity contribution in [1.82, 2.24) is 9.47 Å². The van der Waals surface area contributed by atoms with E-state index in [0.717, 1.165) is 34.8 Å². The lowest BCUT2D eigenvalue weighted by Gasteiger charge is -2.34. The third kappa shape index (κ3) is 5.70. The molecule has 0 atom stereocenters. The van der Waals surface area contributed by atoms with Gasteiger partial charge in [-0.2, -0.15) is 0 Å². The number of hydrogen-bond acceptors (Lipinski definition) is 2. The molecule has 4 rings (SSSR count). The molecular weight excluding hydrogens is 438 g/mol. The number of nitrogens with one attached hydrogen (secondary N) is 1. The highest BCUT2D eigenvalue weighted by molar-refractivity contribution is 7.98. The van der Waals surface area contributed by atoms with Gasteiger partial charge in [-0.15, -0.1) is 11.8 Å². The Balaban J connectivity index is 1.53. The average molecular weight is 468 g/mol. The van der Waals surface area contributed by atoms with Crippen molar-refractivity contribution >= 4 is 35.1 Å². The van der Waals surface area contributed by atoms with Gasteiger partial charge in [-0.25, -0.2) is 4.79 Å². The first-order chi connectivity index (χ1) is 15.6. The molecule has 0 saturated heterocycles. The summed E-state index contributed by atoms with van der Waals surface area (Å²) in [7, 11) is 0. The number of carbonyl (C=O) groups is 1. The number of hydrogen-bond donors (Lipinski definition) is 1. The fourth-order valence-electron chi connectivity index (χ4n) is 4.36. The van der Waals surface area contributed by atoms with Crippen LogP contribution in [0, 0.1) is 0 Å². The topological polar surface area (TPSA) is 37.3 Å². The van der Waals surface area contributed by atoms with Crippen molar-refractivity contribution in [3.05, 3.63) is 83.1 Å². The van der Waals surface area contributed by atoms with Gasteiger partial charge in [0.05, 0.1) is 6.54 Å². The van der Waals surface area contributed by atoms with Crippen molar-refractivity contribution in [2.45, 2.75) is 56.1 Å². The minimum atomic E-state index is -0.0284. The van der Waals surface area contributed by atoms with E-state index in [1.807, 2.05) is 53.4 Å². The molecule has 168 valence electrons. The van der Waals surface area contributed by atoms with Crippen LogP contribution in [0.15, 0.2) is 71.8 Å². The van der Waals surface area contributed by atoms with E-state index in [2.05, 4.69) is 34.5 Å². The Morgan fingerprint density at radius 2 is 1.81 bits per heavy atom. The van der Waals surface area contributed by atoms with Gasteiger partial charge in [0.2, 0.25) is 0 Å². The zero-order valence-electron chi connectivity index (χ0n) is 18.5. The van der Waals surface area contributed by atoms with Gasteiger partial charge < -0.3 is 14.8 Å². The van der Waals surface area contributed by atoms with Gasteiger partial charge in [0, 0.05) is 40.1 Å². The maximum absolute atomic E-state index is 13.4. The molecule has 1 heterocycles.